The number of aromatic hydroxyl groups is 1. The van der Waals surface area contributed by atoms with Gasteiger partial charge in [0, 0.05) is 17.7 Å². The molecule has 3 aromatic carbocycles. The van der Waals surface area contributed by atoms with E-state index in [1.807, 2.05) is 79.4 Å². The van der Waals surface area contributed by atoms with Crippen LogP contribution in [0.2, 0.25) is 0 Å². The van der Waals surface area contributed by atoms with Gasteiger partial charge in [0.25, 0.3) is 5.91 Å². The lowest BCUT2D eigenvalue weighted by atomic mass is 9.94. The van der Waals surface area contributed by atoms with Crippen LogP contribution < -0.4 is 9.47 Å². The van der Waals surface area contributed by atoms with E-state index in [1.54, 1.807) is 14.2 Å². The molecule has 4 aromatic rings. The lowest BCUT2D eigenvalue weighted by molar-refractivity contribution is 0.0745. The Bertz CT molecular complexity index is 1430. The number of nitrogens with zero attached hydrogens (tertiary/aromatic N) is 2. The van der Waals surface area contributed by atoms with Gasteiger partial charge in [-0.25, -0.2) is 0 Å². The fourth-order valence-electron chi connectivity index (χ4n) is 4.97. The lowest BCUT2D eigenvalue weighted by Crippen LogP contribution is -2.31. The number of methoxy groups -OCH3 is 2. The van der Waals surface area contributed by atoms with Crippen molar-refractivity contribution in [2.24, 2.45) is 0 Å². The molecule has 5 rings (SSSR count). The van der Waals surface area contributed by atoms with Gasteiger partial charge < -0.3 is 19.5 Å². The van der Waals surface area contributed by atoms with Gasteiger partial charge in [-0.2, -0.15) is 5.10 Å². The molecule has 0 unspecified atom stereocenters. The Morgan fingerprint density at radius 1 is 1.00 bits per heavy atom. The minimum atomic E-state index is -0.380. The SMILES string of the molecule is COc1ccc(CCN2C(=O)c3[nH]nc(-c4cc(C)cc(C)c4O)c3[C@@H]2c2cccc(OC)c2)cc1. The third kappa shape index (κ3) is 4.06. The minimum Gasteiger partial charge on any atom is -0.507 e. The Balaban J connectivity index is 1.59. The number of fused-ring (bicyclic) bond motifs is 1. The molecule has 0 saturated carbocycles. The molecule has 0 radical (unpaired) electrons. The highest BCUT2D eigenvalue weighted by atomic mass is 16.5. The molecule has 184 valence electrons. The van der Waals surface area contributed by atoms with E-state index in [4.69, 9.17) is 9.47 Å². The molecule has 1 aromatic heterocycles. The highest BCUT2D eigenvalue weighted by Crippen LogP contribution is 2.45. The number of rotatable bonds is 7. The molecule has 1 atom stereocenters. The van der Waals surface area contributed by atoms with Crippen LogP contribution in [0.25, 0.3) is 11.3 Å². The molecule has 0 fully saturated rings. The number of phenolic OH excluding ortho intramolecular Hbond substituents is 1. The van der Waals surface area contributed by atoms with Crippen molar-refractivity contribution in [3.8, 4) is 28.5 Å². The van der Waals surface area contributed by atoms with Crippen molar-refractivity contribution >= 4 is 5.91 Å². The highest BCUT2D eigenvalue weighted by Gasteiger charge is 2.42. The molecular weight excluding hydrogens is 454 g/mol. The number of benzene rings is 3. The number of phenols is 1. The highest BCUT2D eigenvalue weighted by molar-refractivity contribution is 6.00. The van der Waals surface area contributed by atoms with Gasteiger partial charge in [-0.05, 0) is 72.9 Å². The van der Waals surface area contributed by atoms with E-state index in [-0.39, 0.29) is 17.7 Å². The van der Waals surface area contributed by atoms with E-state index in [1.165, 1.54) is 0 Å². The summed E-state index contributed by atoms with van der Waals surface area (Å²) in [5.41, 5.74) is 6.21. The molecule has 36 heavy (non-hydrogen) atoms. The smallest absolute Gasteiger partial charge is 0.273 e. The number of hydrogen-bond donors (Lipinski definition) is 2. The first-order chi connectivity index (χ1) is 17.4. The molecule has 7 nitrogen and oxygen atoms in total. The molecule has 2 N–H and O–H groups in total. The van der Waals surface area contributed by atoms with Crippen molar-refractivity contribution in [1.29, 1.82) is 0 Å². The van der Waals surface area contributed by atoms with Crippen LogP contribution in [0.5, 0.6) is 17.2 Å². The molecule has 2 heterocycles. The third-order valence-corrected chi connectivity index (χ3v) is 6.77. The lowest BCUT2D eigenvalue weighted by Gasteiger charge is -2.27. The molecule has 1 amide bonds. The number of aromatic nitrogens is 2. The van der Waals surface area contributed by atoms with Crippen LogP contribution in [0.3, 0.4) is 0 Å². The number of aryl methyl sites for hydroxylation is 2. The maximum Gasteiger partial charge on any atom is 0.273 e. The van der Waals surface area contributed by atoms with Crippen molar-refractivity contribution < 1.29 is 19.4 Å². The second-order valence-electron chi connectivity index (χ2n) is 9.11. The first-order valence-corrected chi connectivity index (χ1v) is 11.9. The Hall–Kier alpha value is -4.26. The zero-order valence-corrected chi connectivity index (χ0v) is 20.8. The zero-order valence-electron chi connectivity index (χ0n) is 20.8. The van der Waals surface area contributed by atoms with Crippen molar-refractivity contribution in [2.45, 2.75) is 26.3 Å². The summed E-state index contributed by atoms with van der Waals surface area (Å²) in [7, 11) is 3.27. The van der Waals surface area contributed by atoms with Crippen LogP contribution in [-0.4, -0.2) is 46.9 Å². The van der Waals surface area contributed by atoms with Gasteiger partial charge in [0.2, 0.25) is 0 Å². The van der Waals surface area contributed by atoms with E-state index in [2.05, 4.69) is 10.2 Å². The fraction of sp³-hybridized carbons (Fsp3) is 0.241. The summed E-state index contributed by atoms with van der Waals surface area (Å²) in [6.45, 7) is 4.35. The Morgan fingerprint density at radius 2 is 1.75 bits per heavy atom. The molecule has 0 saturated heterocycles. The molecule has 1 aliphatic rings. The average Bonchev–Trinajstić information content (AvgIpc) is 3.43. The molecule has 0 spiro atoms. The van der Waals surface area contributed by atoms with Crippen molar-refractivity contribution in [1.82, 2.24) is 15.1 Å². The monoisotopic (exact) mass is 483 g/mol. The average molecular weight is 484 g/mol. The van der Waals surface area contributed by atoms with Crippen LogP contribution in [0, 0.1) is 13.8 Å². The van der Waals surface area contributed by atoms with Gasteiger partial charge in [0.05, 0.1) is 20.3 Å². The Kier molecular flexibility index (Phi) is 6.14. The normalized spacial score (nSPS) is 14.7. The number of hydrogen-bond acceptors (Lipinski definition) is 5. The Morgan fingerprint density at radius 3 is 2.47 bits per heavy atom. The number of ether oxygens (including phenoxy) is 2. The van der Waals surface area contributed by atoms with Gasteiger partial charge in [-0.1, -0.05) is 30.3 Å². The van der Waals surface area contributed by atoms with E-state index in [9.17, 15) is 9.90 Å². The predicted molar refractivity (Wildman–Crippen MR) is 138 cm³/mol. The molecule has 0 aliphatic carbocycles. The number of carbonyl (C=O) groups is 1. The summed E-state index contributed by atoms with van der Waals surface area (Å²) < 4.78 is 10.8. The summed E-state index contributed by atoms with van der Waals surface area (Å²) in [4.78, 5) is 15.5. The zero-order chi connectivity index (χ0) is 25.4. The molecule has 7 heteroatoms. The molecule has 1 aliphatic heterocycles. The first kappa shape index (κ1) is 23.5. The quantitative estimate of drug-likeness (QED) is 0.377. The van der Waals surface area contributed by atoms with Gasteiger partial charge in [-0.3, -0.25) is 9.89 Å². The number of nitrogens with one attached hydrogen (secondary N) is 1. The topological polar surface area (TPSA) is 87.7 Å². The third-order valence-electron chi connectivity index (χ3n) is 6.77. The number of H-pyrrole nitrogens is 1. The summed E-state index contributed by atoms with van der Waals surface area (Å²) >= 11 is 0. The summed E-state index contributed by atoms with van der Waals surface area (Å²) in [5, 5.41) is 18.4. The minimum absolute atomic E-state index is 0.117. The second-order valence-corrected chi connectivity index (χ2v) is 9.11. The van der Waals surface area contributed by atoms with Gasteiger partial charge in [0.15, 0.2) is 0 Å². The molecule has 0 bridgehead atoms. The standard InChI is InChI=1S/C29H29N3O4/c1-17-14-18(2)28(33)23(15-17)25-24-26(31-30-25)29(34)32(13-12-19-8-10-21(35-3)11-9-19)27(24)20-6-5-7-22(16-20)36-4/h5-11,14-16,27,33H,12-13H2,1-4H3,(H,30,31)/t27-/m0/s1. The van der Waals surface area contributed by atoms with Crippen molar-refractivity contribution in [3.05, 3.63) is 94.2 Å². The van der Waals surface area contributed by atoms with E-state index in [0.717, 1.165) is 33.6 Å². The van der Waals surface area contributed by atoms with Gasteiger partial charge in [-0.15, -0.1) is 0 Å². The van der Waals surface area contributed by atoms with Crippen molar-refractivity contribution in [3.63, 3.8) is 0 Å². The van der Waals surface area contributed by atoms with E-state index < -0.39 is 0 Å². The van der Waals surface area contributed by atoms with Crippen LogP contribution in [0.4, 0.5) is 0 Å². The van der Waals surface area contributed by atoms with Gasteiger partial charge in [0.1, 0.15) is 28.6 Å². The second kappa shape index (κ2) is 9.41. The summed E-state index contributed by atoms with van der Waals surface area (Å²) in [6, 6.07) is 19.1. The van der Waals surface area contributed by atoms with E-state index in [0.29, 0.717) is 35.7 Å². The number of carbonyl (C=O) groups excluding carboxylic acids is 1. The van der Waals surface area contributed by atoms with Crippen LogP contribution in [0.15, 0.2) is 60.7 Å². The van der Waals surface area contributed by atoms with E-state index >= 15 is 0 Å². The van der Waals surface area contributed by atoms with Crippen LogP contribution >= 0.6 is 0 Å². The van der Waals surface area contributed by atoms with Crippen LogP contribution in [-0.2, 0) is 6.42 Å². The Labute approximate surface area is 210 Å². The fourth-order valence-corrected chi connectivity index (χ4v) is 4.97. The predicted octanol–water partition coefficient (Wildman–Crippen LogP) is 5.20. The van der Waals surface area contributed by atoms with Crippen LogP contribution in [0.1, 0.15) is 44.3 Å². The number of amides is 1. The molecular formula is C29H29N3O4. The maximum atomic E-state index is 13.7. The largest absolute Gasteiger partial charge is 0.507 e. The van der Waals surface area contributed by atoms with Crippen molar-refractivity contribution in [2.75, 3.05) is 20.8 Å². The maximum absolute atomic E-state index is 13.7. The van der Waals surface area contributed by atoms with Gasteiger partial charge >= 0.3 is 0 Å². The summed E-state index contributed by atoms with van der Waals surface area (Å²) in [6.07, 6.45) is 0.679. The number of aromatic amines is 1. The summed E-state index contributed by atoms with van der Waals surface area (Å²) in [5.74, 6) is 1.56. The first-order valence-electron chi connectivity index (χ1n) is 11.9.